The van der Waals surface area contributed by atoms with Gasteiger partial charge < -0.3 is 0 Å². The number of nitrogens with one attached hydrogen (secondary N) is 3. The maximum absolute atomic E-state index is 11.1. The van der Waals surface area contributed by atoms with Crippen molar-refractivity contribution in [2.75, 3.05) is 11.3 Å². The number of benzene rings is 1. The molecule has 0 aliphatic heterocycles. The molecule has 0 saturated carbocycles. The van der Waals surface area contributed by atoms with Crippen molar-refractivity contribution in [3.63, 3.8) is 0 Å². The fraction of sp³-hybridized carbons (Fsp3) is 0.200. The van der Waals surface area contributed by atoms with E-state index >= 15 is 0 Å². The molecule has 0 unspecified atom stereocenters. The van der Waals surface area contributed by atoms with Crippen LogP contribution in [0.4, 0.5) is 10.5 Å². The maximum Gasteiger partial charge on any atom is 0.340 e. The number of alkyl halides is 1. The number of amides is 3. The Hall–Kier alpha value is -1.75. The molecule has 0 atom stereocenters. The molecule has 5 nitrogen and oxygen atoms in total. The monoisotopic (exact) mass is 241 g/mol. The number of carbonyl (C=O) groups excluding carboxylic acids is 2. The van der Waals surface area contributed by atoms with E-state index in [4.69, 9.17) is 11.6 Å². The molecular formula is C10H12ClN3O2. The standard InChI is InChI=1S/C10H12ClN3O2/c1-7-2-4-8(5-3-7)13-14-10(16)12-9(15)6-11/h2-5,13H,6H2,1H3,(H2,12,14,15,16). The first kappa shape index (κ1) is 12.3. The summed E-state index contributed by atoms with van der Waals surface area (Å²) < 4.78 is 0. The van der Waals surface area contributed by atoms with Crippen LogP contribution in [0.2, 0.25) is 0 Å². The smallest absolute Gasteiger partial charge is 0.297 e. The van der Waals surface area contributed by atoms with E-state index in [9.17, 15) is 9.59 Å². The number of rotatable bonds is 3. The van der Waals surface area contributed by atoms with Crippen LogP contribution in [0.1, 0.15) is 5.56 Å². The maximum atomic E-state index is 11.1. The number of anilines is 1. The third-order valence-corrected chi connectivity index (χ3v) is 1.99. The highest BCUT2D eigenvalue weighted by atomic mass is 35.5. The molecule has 1 aromatic rings. The molecule has 0 bridgehead atoms. The fourth-order valence-corrected chi connectivity index (χ4v) is 1.02. The molecule has 1 aromatic carbocycles. The minimum absolute atomic E-state index is 0.252. The van der Waals surface area contributed by atoms with Gasteiger partial charge in [0, 0.05) is 0 Å². The molecular weight excluding hydrogens is 230 g/mol. The molecule has 3 amide bonds. The Labute approximate surface area is 98.1 Å². The topological polar surface area (TPSA) is 70.2 Å². The van der Waals surface area contributed by atoms with Gasteiger partial charge in [-0.1, -0.05) is 17.7 Å². The van der Waals surface area contributed by atoms with Crippen molar-refractivity contribution in [3.8, 4) is 0 Å². The molecule has 16 heavy (non-hydrogen) atoms. The lowest BCUT2D eigenvalue weighted by molar-refractivity contribution is -0.117. The number of imide groups is 1. The van der Waals surface area contributed by atoms with E-state index in [0.717, 1.165) is 11.3 Å². The van der Waals surface area contributed by atoms with Crippen LogP contribution in [0.5, 0.6) is 0 Å². The number of hydrazine groups is 1. The quantitative estimate of drug-likeness (QED) is 0.553. The van der Waals surface area contributed by atoms with Crippen LogP contribution in [0.15, 0.2) is 24.3 Å². The van der Waals surface area contributed by atoms with Gasteiger partial charge in [0.1, 0.15) is 5.88 Å². The Morgan fingerprint density at radius 1 is 1.25 bits per heavy atom. The van der Waals surface area contributed by atoms with Crippen molar-refractivity contribution in [2.45, 2.75) is 6.92 Å². The first-order chi connectivity index (χ1) is 7.61. The van der Waals surface area contributed by atoms with E-state index in [-0.39, 0.29) is 5.88 Å². The summed E-state index contributed by atoms with van der Waals surface area (Å²) in [4.78, 5) is 21.8. The Balaban J connectivity index is 2.37. The molecule has 6 heteroatoms. The SMILES string of the molecule is Cc1ccc(NNC(=O)NC(=O)CCl)cc1. The average molecular weight is 242 g/mol. The van der Waals surface area contributed by atoms with Gasteiger partial charge in [0.05, 0.1) is 5.69 Å². The summed E-state index contributed by atoms with van der Waals surface area (Å²) in [7, 11) is 0. The summed E-state index contributed by atoms with van der Waals surface area (Å²) >= 11 is 5.22. The number of aryl methyl sites for hydroxylation is 1. The van der Waals surface area contributed by atoms with Gasteiger partial charge in [0.15, 0.2) is 0 Å². The number of hydrogen-bond donors (Lipinski definition) is 3. The molecule has 0 aliphatic rings. The van der Waals surface area contributed by atoms with Gasteiger partial charge in [-0.15, -0.1) is 11.6 Å². The summed E-state index contributed by atoms with van der Waals surface area (Å²) in [5, 5.41) is 2.03. The third kappa shape index (κ3) is 4.18. The lowest BCUT2D eigenvalue weighted by Gasteiger charge is -2.08. The summed E-state index contributed by atoms with van der Waals surface area (Å²) in [6, 6.07) is 6.75. The van der Waals surface area contributed by atoms with Gasteiger partial charge in [0.2, 0.25) is 5.91 Å². The minimum atomic E-state index is -0.647. The van der Waals surface area contributed by atoms with Gasteiger partial charge in [-0.3, -0.25) is 21.0 Å². The van der Waals surface area contributed by atoms with Crippen LogP contribution in [0.25, 0.3) is 0 Å². The zero-order valence-electron chi connectivity index (χ0n) is 8.71. The van der Waals surface area contributed by atoms with E-state index in [2.05, 4.69) is 10.9 Å². The lowest BCUT2D eigenvalue weighted by atomic mass is 10.2. The number of halogens is 1. The van der Waals surface area contributed by atoms with Gasteiger partial charge in [-0.2, -0.15) is 0 Å². The van der Waals surface area contributed by atoms with Crippen molar-refractivity contribution in [1.29, 1.82) is 0 Å². The molecule has 0 aliphatic carbocycles. The third-order valence-electron chi connectivity index (χ3n) is 1.75. The molecule has 0 heterocycles. The van der Waals surface area contributed by atoms with Crippen molar-refractivity contribution >= 4 is 29.2 Å². The summed E-state index contributed by atoms with van der Waals surface area (Å²) in [6.07, 6.45) is 0. The summed E-state index contributed by atoms with van der Waals surface area (Å²) in [5.74, 6) is -0.803. The number of carbonyl (C=O) groups is 2. The number of urea groups is 1. The summed E-state index contributed by atoms with van der Waals surface area (Å²) in [5.41, 5.74) is 6.79. The Kier molecular flexibility index (Phi) is 4.60. The molecule has 0 spiro atoms. The lowest BCUT2D eigenvalue weighted by Crippen LogP contribution is -2.42. The highest BCUT2D eigenvalue weighted by Gasteiger charge is 2.04. The zero-order valence-corrected chi connectivity index (χ0v) is 9.47. The van der Waals surface area contributed by atoms with Crippen LogP contribution in [-0.4, -0.2) is 17.8 Å². The molecule has 0 radical (unpaired) electrons. The highest BCUT2D eigenvalue weighted by molar-refractivity contribution is 6.28. The Morgan fingerprint density at radius 3 is 2.44 bits per heavy atom. The predicted molar refractivity (Wildman–Crippen MR) is 62.2 cm³/mol. The van der Waals surface area contributed by atoms with Crippen molar-refractivity contribution in [2.24, 2.45) is 0 Å². The van der Waals surface area contributed by atoms with E-state index in [1.54, 1.807) is 12.1 Å². The highest BCUT2D eigenvalue weighted by Crippen LogP contribution is 2.06. The van der Waals surface area contributed by atoms with Crippen LogP contribution >= 0.6 is 11.6 Å². The summed E-state index contributed by atoms with van der Waals surface area (Å²) in [6.45, 7) is 1.96. The van der Waals surface area contributed by atoms with Crippen LogP contribution in [0.3, 0.4) is 0 Å². The fourth-order valence-electron chi connectivity index (χ4n) is 0.957. The van der Waals surface area contributed by atoms with Crippen LogP contribution in [-0.2, 0) is 4.79 Å². The predicted octanol–water partition coefficient (Wildman–Crippen LogP) is 1.39. The van der Waals surface area contributed by atoms with E-state index in [0.29, 0.717) is 0 Å². The Morgan fingerprint density at radius 2 is 1.88 bits per heavy atom. The van der Waals surface area contributed by atoms with Crippen molar-refractivity contribution < 1.29 is 9.59 Å². The molecule has 86 valence electrons. The first-order valence-electron chi connectivity index (χ1n) is 4.60. The second kappa shape index (κ2) is 5.97. The molecule has 0 aromatic heterocycles. The van der Waals surface area contributed by atoms with Gasteiger partial charge in [0.25, 0.3) is 0 Å². The molecule has 0 saturated heterocycles. The second-order valence-corrected chi connectivity index (χ2v) is 3.39. The van der Waals surface area contributed by atoms with E-state index in [1.807, 2.05) is 24.4 Å². The normalized spacial score (nSPS) is 9.38. The van der Waals surface area contributed by atoms with E-state index < -0.39 is 11.9 Å². The minimum Gasteiger partial charge on any atom is -0.297 e. The Bertz CT molecular complexity index is 378. The van der Waals surface area contributed by atoms with Gasteiger partial charge in [-0.05, 0) is 19.1 Å². The molecule has 3 N–H and O–H groups in total. The zero-order chi connectivity index (χ0) is 12.0. The van der Waals surface area contributed by atoms with Crippen LogP contribution in [0, 0.1) is 6.92 Å². The van der Waals surface area contributed by atoms with Crippen molar-refractivity contribution in [1.82, 2.24) is 10.7 Å². The second-order valence-electron chi connectivity index (χ2n) is 3.13. The van der Waals surface area contributed by atoms with Crippen LogP contribution < -0.4 is 16.2 Å². The molecule has 0 fully saturated rings. The number of hydrogen-bond acceptors (Lipinski definition) is 3. The van der Waals surface area contributed by atoms with Gasteiger partial charge >= 0.3 is 6.03 Å². The molecule has 1 rings (SSSR count). The van der Waals surface area contributed by atoms with E-state index in [1.165, 1.54) is 0 Å². The van der Waals surface area contributed by atoms with Crippen molar-refractivity contribution in [3.05, 3.63) is 29.8 Å². The first-order valence-corrected chi connectivity index (χ1v) is 5.13. The average Bonchev–Trinajstić information content (AvgIpc) is 2.28. The van der Waals surface area contributed by atoms with Gasteiger partial charge in [-0.25, -0.2) is 4.79 Å². The largest absolute Gasteiger partial charge is 0.340 e.